The van der Waals surface area contributed by atoms with Crippen LogP contribution in [-0.4, -0.2) is 61.6 Å². The summed E-state index contributed by atoms with van der Waals surface area (Å²) in [5.74, 6) is 0.988. The summed E-state index contributed by atoms with van der Waals surface area (Å²) in [6, 6.07) is 5.51. The highest BCUT2D eigenvalue weighted by Crippen LogP contribution is 2.09. The molecule has 1 heterocycles. The van der Waals surface area contributed by atoms with E-state index in [9.17, 15) is 0 Å². The molecule has 0 bridgehead atoms. The van der Waals surface area contributed by atoms with Gasteiger partial charge in [0.15, 0.2) is 5.96 Å². The van der Waals surface area contributed by atoms with Gasteiger partial charge in [-0.05, 0) is 52.0 Å². The summed E-state index contributed by atoms with van der Waals surface area (Å²) >= 11 is 1.82. The lowest BCUT2D eigenvalue weighted by molar-refractivity contribution is 0.173. The second-order valence-electron chi connectivity index (χ2n) is 6.50. The highest BCUT2D eigenvalue weighted by atomic mass is 127. The molecule has 6 heteroatoms. The SMILES string of the molecule is CN=C(NCCCN(C(C)C)C(C)C)N(C)CCc1cccs1.I. The molecule has 0 aliphatic heterocycles. The van der Waals surface area contributed by atoms with Crippen LogP contribution in [0.5, 0.6) is 0 Å². The first kappa shape index (κ1) is 23.7. The largest absolute Gasteiger partial charge is 0.356 e. The van der Waals surface area contributed by atoms with E-state index >= 15 is 0 Å². The third-order valence-corrected chi connectivity index (χ3v) is 4.99. The topological polar surface area (TPSA) is 30.9 Å². The van der Waals surface area contributed by atoms with Gasteiger partial charge in [-0.2, -0.15) is 0 Å². The number of hydrogen-bond acceptors (Lipinski definition) is 3. The quantitative estimate of drug-likeness (QED) is 0.259. The van der Waals surface area contributed by atoms with Crippen molar-refractivity contribution in [3.05, 3.63) is 22.4 Å². The Kier molecular flexibility index (Phi) is 12.8. The Morgan fingerprint density at radius 1 is 1.21 bits per heavy atom. The standard InChI is InChI=1S/C18H34N4S.HI/c1-15(2)22(16(3)4)12-8-11-20-18(19-5)21(6)13-10-17-9-7-14-23-17;/h7,9,14-16H,8,10-13H2,1-6H3,(H,19,20);1H. The van der Waals surface area contributed by atoms with Gasteiger partial charge in [-0.15, -0.1) is 35.3 Å². The van der Waals surface area contributed by atoms with E-state index in [1.165, 1.54) is 4.88 Å². The average molecular weight is 466 g/mol. The Hall–Kier alpha value is -0.340. The van der Waals surface area contributed by atoms with Crippen molar-refractivity contribution in [3.63, 3.8) is 0 Å². The molecule has 0 unspecified atom stereocenters. The molecule has 0 aliphatic carbocycles. The molecule has 1 rings (SSSR count). The number of nitrogens with one attached hydrogen (secondary N) is 1. The molecular formula is C18H35IN4S. The Morgan fingerprint density at radius 2 is 1.88 bits per heavy atom. The molecule has 0 spiro atoms. The van der Waals surface area contributed by atoms with E-state index in [4.69, 9.17) is 0 Å². The first-order chi connectivity index (χ1) is 11.0. The molecule has 140 valence electrons. The van der Waals surface area contributed by atoms with Crippen molar-refractivity contribution < 1.29 is 0 Å². The van der Waals surface area contributed by atoms with Gasteiger partial charge in [0.05, 0.1) is 0 Å². The van der Waals surface area contributed by atoms with Crippen LogP contribution in [0.2, 0.25) is 0 Å². The fourth-order valence-corrected chi connectivity index (χ4v) is 3.50. The van der Waals surface area contributed by atoms with Gasteiger partial charge in [-0.25, -0.2) is 0 Å². The minimum absolute atomic E-state index is 0. The minimum atomic E-state index is 0. The van der Waals surface area contributed by atoms with Gasteiger partial charge in [0.2, 0.25) is 0 Å². The van der Waals surface area contributed by atoms with Crippen molar-refractivity contribution in [2.75, 3.05) is 33.7 Å². The first-order valence-corrected chi connectivity index (χ1v) is 9.53. The molecule has 1 aromatic rings. The average Bonchev–Trinajstić information content (AvgIpc) is 3.01. The highest BCUT2D eigenvalue weighted by Gasteiger charge is 2.12. The van der Waals surface area contributed by atoms with Crippen LogP contribution in [0.4, 0.5) is 0 Å². The van der Waals surface area contributed by atoms with Crippen LogP contribution >= 0.6 is 35.3 Å². The van der Waals surface area contributed by atoms with Crippen molar-refractivity contribution in [1.29, 1.82) is 0 Å². The Morgan fingerprint density at radius 3 is 2.38 bits per heavy atom. The predicted octanol–water partition coefficient (Wildman–Crippen LogP) is 3.92. The molecule has 0 saturated heterocycles. The van der Waals surface area contributed by atoms with Gasteiger partial charge in [0.1, 0.15) is 0 Å². The molecule has 0 radical (unpaired) electrons. The molecule has 24 heavy (non-hydrogen) atoms. The van der Waals surface area contributed by atoms with Crippen molar-refractivity contribution in [1.82, 2.24) is 15.1 Å². The Bertz CT molecular complexity index is 438. The van der Waals surface area contributed by atoms with Crippen LogP contribution in [0, 0.1) is 0 Å². The molecule has 0 amide bonds. The van der Waals surface area contributed by atoms with Crippen LogP contribution in [0.1, 0.15) is 39.0 Å². The van der Waals surface area contributed by atoms with Crippen LogP contribution in [-0.2, 0) is 6.42 Å². The molecular weight excluding hydrogens is 431 g/mol. The maximum atomic E-state index is 4.40. The van der Waals surface area contributed by atoms with Crippen LogP contribution in [0.25, 0.3) is 0 Å². The molecule has 0 aromatic carbocycles. The second-order valence-corrected chi connectivity index (χ2v) is 7.54. The summed E-state index contributed by atoms with van der Waals surface area (Å²) in [5.41, 5.74) is 0. The fraction of sp³-hybridized carbons (Fsp3) is 0.722. The van der Waals surface area contributed by atoms with Crippen molar-refractivity contribution in [2.24, 2.45) is 4.99 Å². The zero-order valence-electron chi connectivity index (χ0n) is 16.1. The summed E-state index contributed by atoms with van der Waals surface area (Å²) in [5, 5.41) is 5.62. The number of thiophene rings is 1. The second kappa shape index (κ2) is 12.9. The lowest BCUT2D eigenvalue weighted by Crippen LogP contribution is -2.42. The van der Waals surface area contributed by atoms with Crippen molar-refractivity contribution in [3.8, 4) is 0 Å². The van der Waals surface area contributed by atoms with Gasteiger partial charge >= 0.3 is 0 Å². The predicted molar refractivity (Wildman–Crippen MR) is 119 cm³/mol. The summed E-state index contributed by atoms with van der Waals surface area (Å²) in [7, 11) is 3.97. The maximum Gasteiger partial charge on any atom is 0.193 e. The third-order valence-electron chi connectivity index (χ3n) is 4.05. The summed E-state index contributed by atoms with van der Waals surface area (Å²) in [4.78, 5) is 10.6. The Balaban J connectivity index is 0.00000529. The van der Waals surface area contributed by atoms with Gasteiger partial charge in [0.25, 0.3) is 0 Å². The van der Waals surface area contributed by atoms with Gasteiger partial charge in [0, 0.05) is 50.7 Å². The van der Waals surface area contributed by atoms with E-state index in [1.807, 2.05) is 18.4 Å². The number of nitrogens with zero attached hydrogens (tertiary/aromatic N) is 3. The van der Waals surface area contributed by atoms with Crippen LogP contribution in [0.15, 0.2) is 22.5 Å². The highest BCUT2D eigenvalue weighted by molar-refractivity contribution is 14.0. The number of likely N-dealkylation sites (N-methyl/N-ethyl adjacent to an activating group) is 1. The van der Waals surface area contributed by atoms with E-state index in [1.54, 1.807) is 0 Å². The van der Waals surface area contributed by atoms with Crippen LogP contribution in [0.3, 0.4) is 0 Å². The molecule has 0 fully saturated rings. The monoisotopic (exact) mass is 466 g/mol. The molecule has 0 atom stereocenters. The van der Waals surface area contributed by atoms with Gasteiger partial charge in [-0.3, -0.25) is 9.89 Å². The lowest BCUT2D eigenvalue weighted by atomic mass is 10.2. The molecule has 0 saturated carbocycles. The summed E-state index contributed by atoms with van der Waals surface area (Å²) < 4.78 is 0. The number of rotatable bonds is 9. The molecule has 0 aliphatic rings. The first-order valence-electron chi connectivity index (χ1n) is 8.65. The van der Waals surface area contributed by atoms with Crippen molar-refractivity contribution >= 4 is 41.3 Å². The van der Waals surface area contributed by atoms with E-state index in [2.05, 4.69) is 72.4 Å². The number of guanidine groups is 1. The fourth-order valence-electron chi connectivity index (χ4n) is 2.80. The number of halogens is 1. The molecule has 4 nitrogen and oxygen atoms in total. The van der Waals surface area contributed by atoms with Crippen molar-refractivity contribution in [2.45, 2.75) is 52.6 Å². The maximum absolute atomic E-state index is 4.40. The summed E-state index contributed by atoms with van der Waals surface area (Å²) in [6.07, 6.45) is 2.21. The smallest absolute Gasteiger partial charge is 0.193 e. The van der Waals surface area contributed by atoms with E-state index in [0.717, 1.165) is 38.4 Å². The lowest BCUT2D eigenvalue weighted by Gasteiger charge is -2.30. The third kappa shape index (κ3) is 8.67. The summed E-state index contributed by atoms with van der Waals surface area (Å²) in [6.45, 7) is 12.2. The van der Waals surface area contributed by atoms with E-state index in [-0.39, 0.29) is 24.0 Å². The van der Waals surface area contributed by atoms with Crippen LogP contribution < -0.4 is 5.32 Å². The van der Waals surface area contributed by atoms with E-state index < -0.39 is 0 Å². The minimum Gasteiger partial charge on any atom is -0.356 e. The Labute approximate surface area is 169 Å². The van der Waals surface area contributed by atoms with Gasteiger partial charge < -0.3 is 10.2 Å². The number of aliphatic imine (C=N–C) groups is 1. The molecule has 1 aromatic heterocycles. The van der Waals surface area contributed by atoms with Gasteiger partial charge in [-0.1, -0.05) is 6.07 Å². The molecule has 1 N–H and O–H groups in total. The number of hydrogen-bond donors (Lipinski definition) is 1. The zero-order valence-corrected chi connectivity index (χ0v) is 19.2. The zero-order chi connectivity index (χ0) is 17.2. The van der Waals surface area contributed by atoms with E-state index in [0.29, 0.717) is 12.1 Å². The normalized spacial score (nSPS) is 12.0.